The number of nitrogens with zero attached hydrogens (tertiary/aromatic N) is 3. The van der Waals surface area contributed by atoms with Crippen molar-refractivity contribution in [2.75, 3.05) is 0 Å². The van der Waals surface area contributed by atoms with Gasteiger partial charge in [0.1, 0.15) is 0 Å². The summed E-state index contributed by atoms with van der Waals surface area (Å²) in [6, 6.07) is 74.3. The van der Waals surface area contributed by atoms with Gasteiger partial charge in [-0.15, -0.1) is 0 Å². The molecule has 0 aliphatic carbocycles. The van der Waals surface area contributed by atoms with E-state index in [0.717, 1.165) is 39.3 Å². The summed E-state index contributed by atoms with van der Waals surface area (Å²) in [7, 11) is 0. The van der Waals surface area contributed by atoms with E-state index in [1.165, 1.54) is 60.3 Å². The lowest BCUT2D eigenvalue weighted by molar-refractivity contribution is 1.18. The average Bonchev–Trinajstić information content (AvgIpc) is 3.78. The molecule has 3 aromatic heterocycles. The van der Waals surface area contributed by atoms with Gasteiger partial charge in [0.15, 0.2) is 0 Å². The van der Waals surface area contributed by atoms with Gasteiger partial charge in [0.05, 0.1) is 27.8 Å². The lowest BCUT2D eigenvalue weighted by atomic mass is 10.0. The summed E-state index contributed by atoms with van der Waals surface area (Å²) >= 11 is 0. The number of para-hydroxylation sites is 2. The molecule has 0 fully saturated rings. The van der Waals surface area contributed by atoms with E-state index in [4.69, 9.17) is 4.98 Å². The number of pyridine rings is 1. The lowest BCUT2D eigenvalue weighted by Gasteiger charge is -2.11. The van der Waals surface area contributed by atoms with Crippen LogP contribution in [0.1, 0.15) is 0 Å². The van der Waals surface area contributed by atoms with Gasteiger partial charge < -0.3 is 9.13 Å². The molecule has 262 valence electrons. The van der Waals surface area contributed by atoms with Gasteiger partial charge in [-0.25, -0.2) is 0 Å². The zero-order valence-electron chi connectivity index (χ0n) is 30.5. The molecule has 0 atom stereocenters. The highest BCUT2D eigenvalue weighted by molar-refractivity contribution is 6.12. The Morgan fingerprint density at radius 3 is 1.04 bits per heavy atom. The largest absolute Gasteiger partial charge is 0.309 e. The number of hydrogen-bond acceptors (Lipinski definition) is 1. The topological polar surface area (TPSA) is 22.8 Å². The minimum Gasteiger partial charge on any atom is -0.309 e. The van der Waals surface area contributed by atoms with Crippen molar-refractivity contribution in [1.82, 2.24) is 14.1 Å². The summed E-state index contributed by atoms with van der Waals surface area (Å²) in [4.78, 5) is 4.94. The normalized spacial score (nSPS) is 11.6. The van der Waals surface area contributed by atoms with Crippen LogP contribution in [0.4, 0.5) is 0 Å². The molecule has 3 heteroatoms. The molecule has 0 spiro atoms. The Balaban J connectivity index is 1.05. The molecule has 0 amide bonds. The monoisotopic (exact) mass is 713 g/mol. The number of hydrogen-bond donors (Lipinski definition) is 0. The molecule has 0 radical (unpaired) electrons. The van der Waals surface area contributed by atoms with Gasteiger partial charge in [-0.05, 0) is 94.0 Å². The van der Waals surface area contributed by atoms with Crippen LogP contribution in [-0.4, -0.2) is 14.1 Å². The third-order valence-corrected chi connectivity index (χ3v) is 11.2. The number of aromatic nitrogens is 3. The zero-order valence-corrected chi connectivity index (χ0v) is 30.5. The molecule has 0 saturated heterocycles. The summed E-state index contributed by atoms with van der Waals surface area (Å²) in [5.74, 6) is 0. The van der Waals surface area contributed by atoms with E-state index in [1.807, 2.05) is 6.20 Å². The van der Waals surface area contributed by atoms with Crippen LogP contribution in [0.3, 0.4) is 0 Å². The van der Waals surface area contributed by atoms with E-state index in [1.54, 1.807) is 0 Å². The molecule has 3 nitrogen and oxygen atoms in total. The van der Waals surface area contributed by atoms with Crippen LogP contribution in [0.25, 0.3) is 99.6 Å². The Hall–Kier alpha value is -7.49. The van der Waals surface area contributed by atoms with Gasteiger partial charge in [0.2, 0.25) is 0 Å². The molecule has 0 aliphatic heterocycles. The second kappa shape index (κ2) is 13.1. The van der Waals surface area contributed by atoms with Crippen LogP contribution in [0.2, 0.25) is 0 Å². The molecular weight excluding hydrogens is 679 g/mol. The number of rotatable bonds is 6. The summed E-state index contributed by atoms with van der Waals surface area (Å²) in [6.07, 6.45) is 1.94. The highest BCUT2D eigenvalue weighted by Crippen LogP contribution is 2.39. The molecule has 11 aromatic rings. The van der Waals surface area contributed by atoms with Crippen LogP contribution in [0.15, 0.2) is 212 Å². The maximum absolute atomic E-state index is 4.94. The fourth-order valence-electron chi connectivity index (χ4n) is 8.47. The predicted molar refractivity (Wildman–Crippen MR) is 235 cm³/mol. The third-order valence-electron chi connectivity index (χ3n) is 11.2. The van der Waals surface area contributed by atoms with E-state index >= 15 is 0 Å². The Kier molecular flexibility index (Phi) is 7.49. The van der Waals surface area contributed by atoms with Crippen LogP contribution < -0.4 is 0 Å². The first kappa shape index (κ1) is 32.0. The molecule has 56 heavy (non-hydrogen) atoms. The van der Waals surface area contributed by atoms with Gasteiger partial charge in [-0.1, -0.05) is 146 Å². The molecule has 0 N–H and O–H groups in total. The van der Waals surface area contributed by atoms with Crippen molar-refractivity contribution in [2.24, 2.45) is 0 Å². The Bertz CT molecular complexity index is 3000. The van der Waals surface area contributed by atoms with E-state index in [0.29, 0.717) is 0 Å². The number of benzene rings is 8. The maximum Gasteiger partial charge on any atom is 0.0708 e. The second-order valence-electron chi connectivity index (χ2n) is 14.4. The van der Waals surface area contributed by atoms with Gasteiger partial charge in [-0.2, -0.15) is 0 Å². The summed E-state index contributed by atoms with van der Waals surface area (Å²) in [5.41, 5.74) is 16.1. The van der Waals surface area contributed by atoms with E-state index in [-0.39, 0.29) is 0 Å². The summed E-state index contributed by atoms with van der Waals surface area (Å²) < 4.78 is 4.80. The van der Waals surface area contributed by atoms with Gasteiger partial charge in [-0.3, -0.25) is 4.98 Å². The highest BCUT2D eigenvalue weighted by Gasteiger charge is 2.17. The first-order valence-corrected chi connectivity index (χ1v) is 19.1. The maximum atomic E-state index is 4.94. The van der Waals surface area contributed by atoms with Gasteiger partial charge in [0.25, 0.3) is 0 Å². The second-order valence-corrected chi connectivity index (χ2v) is 14.4. The van der Waals surface area contributed by atoms with Gasteiger partial charge in [0, 0.05) is 44.7 Å². The van der Waals surface area contributed by atoms with E-state index < -0.39 is 0 Å². The van der Waals surface area contributed by atoms with Crippen LogP contribution >= 0.6 is 0 Å². The van der Waals surface area contributed by atoms with Crippen molar-refractivity contribution >= 4 is 43.6 Å². The minimum atomic E-state index is 0.940. The van der Waals surface area contributed by atoms with Crippen molar-refractivity contribution in [1.29, 1.82) is 0 Å². The quantitative estimate of drug-likeness (QED) is 0.168. The van der Waals surface area contributed by atoms with Crippen molar-refractivity contribution in [3.63, 3.8) is 0 Å². The fourth-order valence-corrected chi connectivity index (χ4v) is 8.47. The van der Waals surface area contributed by atoms with Crippen LogP contribution in [-0.2, 0) is 0 Å². The van der Waals surface area contributed by atoms with Crippen molar-refractivity contribution in [2.45, 2.75) is 0 Å². The van der Waals surface area contributed by atoms with Crippen molar-refractivity contribution in [3.05, 3.63) is 212 Å². The average molecular weight is 714 g/mol. The first-order valence-electron chi connectivity index (χ1n) is 19.1. The zero-order chi connectivity index (χ0) is 37.0. The van der Waals surface area contributed by atoms with Crippen molar-refractivity contribution in [3.8, 4) is 56.0 Å². The summed E-state index contributed by atoms with van der Waals surface area (Å²) in [5, 5.41) is 4.92. The van der Waals surface area contributed by atoms with Gasteiger partial charge >= 0.3 is 0 Å². The molecule has 8 aromatic carbocycles. The summed E-state index contributed by atoms with van der Waals surface area (Å²) in [6.45, 7) is 0. The van der Waals surface area contributed by atoms with Crippen LogP contribution in [0, 0.1) is 0 Å². The Labute approximate surface area is 325 Å². The predicted octanol–water partition coefficient (Wildman–Crippen LogP) is 13.9. The molecule has 0 bridgehead atoms. The molecule has 0 aliphatic rings. The molecular formula is C53H35N3. The lowest BCUT2D eigenvalue weighted by Crippen LogP contribution is -1.94. The smallest absolute Gasteiger partial charge is 0.0708 e. The number of fused-ring (bicyclic) bond motifs is 6. The molecule has 3 heterocycles. The van der Waals surface area contributed by atoms with E-state index in [9.17, 15) is 0 Å². The fraction of sp³-hybridized carbons (Fsp3) is 0. The highest BCUT2D eigenvalue weighted by atomic mass is 15.0. The standard InChI is InChI=1S/C53H35N3/c1-5-13-36(14-6-1)38-21-25-45-47-27-23-40(34-52(47)55(50(45)32-38)43-17-9-3-10-18-43)41-29-30-54-49(31-41)42-24-28-48-46-26-22-39(37-15-7-2-8-16-37)33-51(46)56(53(48)35-42)44-19-11-4-12-20-44/h1-35H. The third kappa shape index (κ3) is 5.32. The van der Waals surface area contributed by atoms with Crippen molar-refractivity contribution < 1.29 is 0 Å². The molecule has 11 rings (SSSR count). The first-order chi connectivity index (χ1) is 27.8. The molecule has 0 saturated carbocycles. The molecule has 0 unspecified atom stereocenters. The van der Waals surface area contributed by atoms with E-state index in [2.05, 4.69) is 215 Å². The Morgan fingerprint density at radius 1 is 0.268 bits per heavy atom. The Morgan fingerprint density at radius 2 is 0.607 bits per heavy atom. The SMILES string of the molecule is c1ccc(-c2ccc3c4ccc(-c5ccnc(-c6ccc7c8ccc(-c9ccccc9)cc8n(-c8ccccc8)c7c6)c5)cc4n(-c4ccccc4)c3c2)cc1. The minimum absolute atomic E-state index is 0.940. The van der Waals surface area contributed by atoms with Crippen LogP contribution in [0.5, 0.6) is 0 Å².